The normalized spacial score (nSPS) is 12.3. The van der Waals surface area contributed by atoms with Crippen LogP contribution in [0.15, 0.2) is 41.3 Å². The molecule has 0 aliphatic rings. The van der Waals surface area contributed by atoms with Gasteiger partial charge in [0.1, 0.15) is 5.69 Å². The summed E-state index contributed by atoms with van der Waals surface area (Å²) in [6, 6.07) is 8.67. The highest BCUT2D eigenvalue weighted by molar-refractivity contribution is 5.96. The second-order valence-corrected chi connectivity index (χ2v) is 5.60. The quantitative estimate of drug-likeness (QED) is 0.777. The number of fused-ring (bicyclic) bond motifs is 1. The van der Waals surface area contributed by atoms with E-state index in [1.807, 2.05) is 33.0 Å². The monoisotopic (exact) mass is 310 g/mol. The van der Waals surface area contributed by atoms with E-state index < -0.39 is 0 Å². The van der Waals surface area contributed by atoms with E-state index >= 15 is 0 Å². The van der Waals surface area contributed by atoms with E-state index in [9.17, 15) is 9.59 Å². The van der Waals surface area contributed by atoms with E-state index in [0.717, 1.165) is 16.6 Å². The Kier molecular flexibility index (Phi) is 3.73. The summed E-state index contributed by atoms with van der Waals surface area (Å²) in [5.41, 5.74) is 1.93. The minimum atomic E-state index is -0.316. The molecule has 23 heavy (non-hydrogen) atoms. The number of carbonyl (C=O) groups is 1. The van der Waals surface area contributed by atoms with Crippen LogP contribution in [0.1, 0.15) is 34.7 Å². The number of nitrogens with zero attached hydrogens (tertiary/aromatic N) is 2. The van der Waals surface area contributed by atoms with E-state index in [4.69, 9.17) is 0 Å². The van der Waals surface area contributed by atoms with Crippen molar-refractivity contribution in [3.8, 4) is 0 Å². The molecule has 6 heteroatoms. The highest BCUT2D eigenvalue weighted by atomic mass is 16.2. The topological polar surface area (TPSA) is 79.8 Å². The minimum absolute atomic E-state index is 0.203. The van der Waals surface area contributed by atoms with Gasteiger partial charge in [-0.1, -0.05) is 18.2 Å². The fraction of sp³-hybridized carbons (Fsp3) is 0.235. The SMILES string of the molecule is Cc1c(C(C)NC(=O)c2cc3ccccc3c(=O)[nH]2)cnn1C. The van der Waals surface area contributed by atoms with Crippen molar-refractivity contribution < 1.29 is 4.79 Å². The van der Waals surface area contributed by atoms with Gasteiger partial charge in [0.15, 0.2) is 0 Å². The number of aryl methyl sites for hydroxylation is 1. The number of carbonyl (C=O) groups excluding carboxylic acids is 1. The van der Waals surface area contributed by atoms with Crippen LogP contribution in [0.2, 0.25) is 0 Å². The Labute approximate surface area is 133 Å². The Balaban J connectivity index is 1.89. The number of amides is 1. The summed E-state index contributed by atoms with van der Waals surface area (Å²) < 4.78 is 1.76. The van der Waals surface area contributed by atoms with Crippen LogP contribution >= 0.6 is 0 Å². The number of hydrogen-bond acceptors (Lipinski definition) is 3. The summed E-state index contributed by atoms with van der Waals surface area (Å²) in [6.45, 7) is 3.84. The summed E-state index contributed by atoms with van der Waals surface area (Å²) in [7, 11) is 1.86. The van der Waals surface area contributed by atoms with Crippen molar-refractivity contribution in [2.75, 3.05) is 0 Å². The Morgan fingerprint density at radius 1 is 1.35 bits per heavy atom. The number of nitrogens with one attached hydrogen (secondary N) is 2. The molecule has 2 heterocycles. The van der Waals surface area contributed by atoms with Gasteiger partial charge in [-0.25, -0.2) is 0 Å². The first kappa shape index (κ1) is 15.0. The maximum Gasteiger partial charge on any atom is 0.268 e. The molecule has 1 aromatic carbocycles. The van der Waals surface area contributed by atoms with Crippen LogP contribution < -0.4 is 10.9 Å². The van der Waals surface area contributed by atoms with Crippen LogP contribution in [-0.2, 0) is 7.05 Å². The van der Waals surface area contributed by atoms with Gasteiger partial charge in [-0.3, -0.25) is 14.3 Å². The summed E-state index contributed by atoms with van der Waals surface area (Å²) in [5, 5.41) is 8.39. The van der Waals surface area contributed by atoms with Gasteiger partial charge in [0, 0.05) is 23.7 Å². The first-order valence-corrected chi connectivity index (χ1v) is 7.39. The average Bonchev–Trinajstić information content (AvgIpc) is 2.87. The smallest absolute Gasteiger partial charge is 0.268 e. The number of aromatic amines is 1. The molecule has 1 amide bonds. The number of aromatic nitrogens is 3. The molecule has 0 aliphatic carbocycles. The van der Waals surface area contributed by atoms with Gasteiger partial charge in [-0.2, -0.15) is 5.10 Å². The molecule has 2 aromatic heterocycles. The highest BCUT2D eigenvalue weighted by Gasteiger charge is 2.16. The third kappa shape index (κ3) is 2.75. The zero-order chi connectivity index (χ0) is 16.6. The van der Waals surface area contributed by atoms with Crippen molar-refractivity contribution in [3.63, 3.8) is 0 Å². The lowest BCUT2D eigenvalue weighted by Gasteiger charge is -2.14. The van der Waals surface area contributed by atoms with E-state index in [1.54, 1.807) is 29.1 Å². The van der Waals surface area contributed by atoms with E-state index in [0.29, 0.717) is 5.39 Å². The lowest BCUT2D eigenvalue weighted by atomic mass is 10.1. The van der Waals surface area contributed by atoms with Gasteiger partial charge in [-0.05, 0) is 31.4 Å². The van der Waals surface area contributed by atoms with Gasteiger partial charge in [0.25, 0.3) is 11.5 Å². The fourth-order valence-corrected chi connectivity index (χ4v) is 2.63. The van der Waals surface area contributed by atoms with Gasteiger partial charge >= 0.3 is 0 Å². The standard InChI is InChI=1S/C17H18N4O2/c1-10(14-9-18-21(3)11(14)2)19-17(23)15-8-12-6-4-5-7-13(12)16(22)20-15/h4-10H,1-3H3,(H,19,23)(H,20,22). The van der Waals surface area contributed by atoms with Crippen molar-refractivity contribution >= 4 is 16.7 Å². The molecule has 0 bridgehead atoms. The molecule has 0 saturated carbocycles. The summed E-state index contributed by atoms with van der Waals surface area (Å²) in [5.74, 6) is -0.316. The van der Waals surface area contributed by atoms with E-state index in [2.05, 4.69) is 15.4 Å². The number of rotatable bonds is 3. The zero-order valence-electron chi connectivity index (χ0n) is 13.3. The third-order valence-electron chi connectivity index (χ3n) is 4.09. The van der Waals surface area contributed by atoms with Crippen molar-refractivity contribution in [1.82, 2.24) is 20.1 Å². The first-order valence-electron chi connectivity index (χ1n) is 7.39. The second kappa shape index (κ2) is 5.72. The molecule has 0 saturated heterocycles. The molecule has 1 atom stereocenters. The number of hydrogen-bond donors (Lipinski definition) is 2. The Morgan fingerprint density at radius 2 is 2.09 bits per heavy atom. The molecular weight excluding hydrogens is 292 g/mol. The molecule has 3 rings (SSSR count). The van der Waals surface area contributed by atoms with Crippen LogP contribution in [0.4, 0.5) is 0 Å². The Bertz CT molecular complexity index is 939. The van der Waals surface area contributed by atoms with Gasteiger partial charge < -0.3 is 10.3 Å². The number of benzene rings is 1. The van der Waals surface area contributed by atoms with Crippen molar-refractivity contribution in [3.05, 3.63) is 63.8 Å². The van der Waals surface area contributed by atoms with Gasteiger partial charge in [0.2, 0.25) is 0 Å². The Hall–Kier alpha value is -2.89. The average molecular weight is 310 g/mol. The maximum absolute atomic E-state index is 12.4. The van der Waals surface area contributed by atoms with Crippen LogP contribution in [0.3, 0.4) is 0 Å². The molecule has 3 aromatic rings. The second-order valence-electron chi connectivity index (χ2n) is 5.60. The molecule has 118 valence electrons. The fourth-order valence-electron chi connectivity index (χ4n) is 2.63. The van der Waals surface area contributed by atoms with Crippen molar-refractivity contribution in [1.29, 1.82) is 0 Å². The predicted octanol–water partition coefficient (Wildman–Crippen LogP) is 2.06. The van der Waals surface area contributed by atoms with Crippen LogP contribution in [-0.4, -0.2) is 20.7 Å². The zero-order valence-corrected chi connectivity index (χ0v) is 13.3. The third-order valence-corrected chi connectivity index (χ3v) is 4.09. The lowest BCUT2D eigenvalue weighted by Crippen LogP contribution is -2.29. The molecule has 1 unspecified atom stereocenters. The minimum Gasteiger partial charge on any atom is -0.344 e. The largest absolute Gasteiger partial charge is 0.344 e. The molecule has 0 spiro atoms. The maximum atomic E-state index is 12.4. The Morgan fingerprint density at radius 3 is 2.78 bits per heavy atom. The molecular formula is C17H18N4O2. The number of H-pyrrole nitrogens is 1. The van der Waals surface area contributed by atoms with Crippen molar-refractivity contribution in [2.24, 2.45) is 7.05 Å². The molecule has 0 fully saturated rings. The van der Waals surface area contributed by atoms with Crippen LogP contribution in [0.25, 0.3) is 10.8 Å². The van der Waals surface area contributed by atoms with Crippen LogP contribution in [0, 0.1) is 6.92 Å². The molecule has 0 aliphatic heterocycles. The molecule has 6 nitrogen and oxygen atoms in total. The van der Waals surface area contributed by atoms with Gasteiger partial charge in [-0.15, -0.1) is 0 Å². The highest BCUT2D eigenvalue weighted by Crippen LogP contribution is 2.17. The lowest BCUT2D eigenvalue weighted by molar-refractivity contribution is 0.0934. The molecule has 0 radical (unpaired) electrons. The predicted molar refractivity (Wildman–Crippen MR) is 88.4 cm³/mol. The van der Waals surface area contributed by atoms with E-state index in [1.165, 1.54) is 0 Å². The summed E-state index contributed by atoms with van der Waals surface area (Å²) >= 11 is 0. The summed E-state index contributed by atoms with van der Waals surface area (Å²) in [6.07, 6.45) is 1.74. The van der Waals surface area contributed by atoms with E-state index in [-0.39, 0.29) is 23.2 Å². The first-order chi connectivity index (χ1) is 11.0. The molecule has 2 N–H and O–H groups in total. The van der Waals surface area contributed by atoms with Crippen molar-refractivity contribution in [2.45, 2.75) is 19.9 Å². The van der Waals surface area contributed by atoms with Gasteiger partial charge in [0.05, 0.1) is 12.2 Å². The van der Waals surface area contributed by atoms with Crippen LogP contribution in [0.5, 0.6) is 0 Å². The number of pyridine rings is 1. The summed E-state index contributed by atoms with van der Waals surface area (Å²) in [4.78, 5) is 27.1.